The van der Waals surface area contributed by atoms with Gasteiger partial charge in [0.1, 0.15) is 0 Å². The predicted molar refractivity (Wildman–Crippen MR) is 63.3 cm³/mol. The van der Waals surface area contributed by atoms with Crippen molar-refractivity contribution in [1.82, 2.24) is 0 Å². The van der Waals surface area contributed by atoms with Crippen molar-refractivity contribution in [1.29, 1.82) is 0 Å². The van der Waals surface area contributed by atoms with Crippen molar-refractivity contribution in [2.45, 2.75) is 63.9 Å². The summed E-state index contributed by atoms with van der Waals surface area (Å²) in [6.07, 6.45) is 5.90. The van der Waals surface area contributed by atoms with E-state index >= 15 is 0 Å². The van der Waals surface area contributed by atoms with Crippen LogP contribution in [0.5, 0.6) is 0 Å². The van der Waals surface area contributed by atoms with E-state index in [9.17, 15) is 0 Å². The largest absolute Gasteiger partial charge is 0.155 e. The second kappa shape index (κ2) is 5.29. The maximum atomic E-state index is 2.35. The van der Waals surface area contributed by atoms with Gasteiger partial charge in [-0.2, -0.15) is 11.8 Å². The van der Waals surface area contributed by atoms with E-state index in [-0.39, 0.29) is 0 Å². The topological polar surface area (TPSA) is 0 Å². The molecule has 1 aliphatic carbocycles. The zero-order valence-corrected chi connectivity index (χ0v) is 10.4. The first-order valence-electron chi connectivity index (χ1n) is 5.75. The van der Waals surface area contributed by atoms with Gasteiger partial charge < -0.3 is 0 Å². The van der Waals surface area contributed by atoms with Crippen molar-refractivity contribution in [2.75, 3.05) is 0 Å². The summed E-state index contributed by atoms with van der Waals surface area (Å²) in [5.74, 6) is 1.92. The van der Waals surface area contributed by atoms with Crippen LogP contribution in [-0.2, 0) is 0 Å². The van der Waals surface area contributed by atoms with E-state index in [4.69, 9.17) is 0 Å². The lowest BCUT2D eigenvalue weighted by Crippen LogP contribution is -2.26. The second-order valence-electron chi connectivity index (χ2n) is 5.04. The van der Waals surface area contributed by atoms with Crippen molar-refractivity contribution < 1.29 is 0 Å². The van der Waals surface area contributed by atoms with Gasteiger partial charge >= 0.3 is 0 Å². The molecule has 0 aromatic heterocycles. The van der Waals surface area contributed by atoms with Gasteiger partial charge in [-0.3, -0.25) is 0 Å². The monoisotopic (exact) mass is 200 g/mol. The zero-order valence-electron chi connectivity index (χ0n) is 9.55. The minimum absolute atomic E-state index is 0.810. The normalized spacial score (nSPS) is 20.8. The van der Waals surface area contributed by atoms with Crippen LogP contribution in [0.4, 0.5) is 0 Å². The van der Waals surface area contributed by atoms with Crippen molar-refractivity contribution in [3.8, 4) is 0 Å². The lowest BCUT2D eigenvalue weighted by Gasteiger charge is -2.35. The Morgan fingerprint density at radius 1 is 1.15 bits per heavy atom. The minimum Gasteiger partial charge on any atom is -0.155 e. The molecule has 78 valence electrons. The van der Waals surface area contributed by atoms with Gasteiger partial charge in [0.15, 0.2) is 0 Å². The summed E-state index contributed by atoms with van der Waals surface area (Å²) in [4.78, 5) is 0. The van der Waals surface area contributed by atoms with Crippen molar-refractivity contribution in [3.63, 3.8) is 0 Å². The van der Waals surface area contributed by atoms with Gasteiger partial charge in [-0.25, -0.2) is 0 Å². The molecule has 13 heavy (non-hydrogen) atoms. The molecule has 0 aromatic rings. The van der Waals surface area contributed by atoms with Crippen LogP contribution < -0.4 is 0 Å². The molecule has 1 atom stereocenters. The third-order valence-electron chi connectivity index (χ3n) is 2.83. The van der Waals surface area contributed by atoms with Crippen LogP contribution in [0, 0.1) is 11.8 Å². The molecule has 0 amide bonds. The Balaban J connectivity index is 2.33. The quantitative estimate of drug-likeness (QED) is 0.636. The summed E-state index contributed by atoms with van der Waals surface area (Å²) < 4.78 is 0. The van der Waals surface area contributed by atoms with Gasteiger partial charge in [-0.15, -0.1) is 0 Å². The highest BCUT2D eigenvalue weighted by Crippen LogP contribution is 2.40. The Labute approximate surface area is 87.9 Å². The Bertz CT molecular complexity index is 126. The Morgan fingerprint density at radius 3 is 2.08 bits per heavy atom. The fourth-order valence-corrected chi connectivity index (χ4v) is 3.67. The lowest BCUT2D eigenvalue weighted by molar-refractivity contribution is 0.286. The predicted octanol–water partition coefficient (Wildman–Crippen LogP) is 4.34. The molecule has 1 rings (SSSR count). The lowest BCUT2D eigenvalue weighted by atomic mass is 9.80. The third kappa shape index (κ3) is 3.93. The highest BCUT2D eigenvalue weighted by Gasteiger charge is 2.28. The average Bonchev–Trinajstić information content (AvgIpc) is 1.78. The zero-order chi connectivity index (χ0) is 9.84. The molecule has 0 saturated heterocycles. The van der Waals surface area contributed by atoms with E-state index in [0.717, 1.165) is 22.3 Å². The molecule has 0 unspecified atom stereocenters. The summed E-state index contributed by atoms with van der Waals surface area (Å²) in [6, 6.07) is 0. The van der Waals surface area contributed by atoms with Crippen LogP contribution in [0.2, 0.25) is 0 Å². The van der Waals surface area contributed by atoms with Crippen LogP contribution >= 0.6 is 11.8 Å². The molecule has 1 saturated carbocycles. The standard InChI is InChI=1S/C12H24S/c1-9(2)8-12(13-10(3)4)11-6-5-7-11/h9-12H,5-8H2,1-4H3/t12-/m0/s1. The number of hydrogen-bond acceptors (Lipinski definition) is 1. The number of rotatable bonds is 5. The first kappa shape index (κ1) is 11.4. The summed E-state index contributed by atoms with van der Waals surface area (Å²) in [6.45, 7) is 9.37. The maximum absolute atomic E-state index is 2.35. The van der Waals surface area contributed by atoms with E-state index in [1.54, 1.807) is 0 Å². The van der Waals surface area contributed by atoms with E-state index in [1.165, 1.54) is 25.7 Å². The first-order chi connectivity index (χ1) is 6.09. The van der Waals surface area contributed by atoms with E-state index in [0.29, 0.717) is 0 Å². The fraction of sp³-hybridized carbons (Fsp3) is 1.00. The fourth-order valence-electron chi connectivity index (χ4n) is 1.98. The van der Waals surface area contributed by atoms with Gasteiger partial charge in [0.05, 0.1) is 0 Å². The molecule has 0 bridgehead atoms. The molecule has 1 aliphatic rings. The highest BCUT2D eigenvalue weighted by molar-refractivity contribution is 8.00. The number of hydrogen-bond donors (Lipinski definition) is 0. The van der Waals surface area contributed by atoms with Gasteiger partial charge in [-0.1, -0.05) is 34.1 Å². The van der Waals surface area contributed by atoms with Crippen LogP contribution in [0.25, 0.3) is 0 Å². The van der Waals surface area contributed by atoms with Crippen LogP contribution in [0.15, 0.2) is 0 Å². The molecule has 0 nitrogen and oxygen atoms in total. The highest BCUT2D eigenvalue weighted by atomic mass is 32.2. The molecule has 1 heteroatoms. The summed E-state index contributed by atoms with van der Waals surface area (Å²) in [5, 5.41) is 1.76. The van der Waals surface area contributed by atoms with Crippen LogP contribution in [0.1, 0.15) is 53.4 Å². The van der Waals surface area contributed by atoms with Gasteiger partial charge in [0, 0.05) is 5.25 Å². The van der Waals surface area contributed by atoms with Crippen LogP contribution in [-0.4, -0.2) is 10.5 Å². The molecular weight excluding hydrogens is 176 g/mol. The van der Waals surface area contributed by atoms with E-state index in [1.807, 2.05) is 0 Å². The maximum Gasteiger partial charge on any atom is 0.00803 e. The Morgan fingerprint density at radius 2 is 1.77 bits per heavy atom. The van der Waals surface area contributed by atoms with E-state index in [2.05, 4.69) is 39.5 Å². The first-order valence-corrected chi connectivity index (χ1v) is 6.69. The molecule has 0 heterocycles. The second-order valence-corrected chi connectivity index (χ2v) is 6.86. The SMILES string of the molecule is CC(C)C[C@H](SC(C)C)C1CCC1. The molecule has 0 radical (unpaired) electrons. The average molecular weight is 200 g/mol. The van der Waals surface area contributed by atoms with Crippen molar-refractivity contribution in [2.24, 2.45) is 11.8 Å². The molecule has 0 N–H and O–H groups in total. The van der Waals surface area contributed by atoms with Crippen LogP contribution in [0.3, 0.4) is 0 Å². The Hall–Kier alpha value is 0.350. The molecular formula is C12H24S. The van der Waals surface area contributed by atoms with E-state index < -0.39 is 0 Å². The van der Waals surface area contributed by atoms with Gasteiger partial charge in [-0.05, 0) is 36.3 Å². The molecule has 0 spiro atoms. The molecule has 0 aliphatic heterocycles. The summed E-state index contributed by atoms with van der Waals surface area (Å²) >= 11 is 2.21. The summed E-state index contributed by atoms with van der Waals surface area (Å²) in [5.41, 5.74) is 0. The minimum atomic E-state index is 0.810. The number of thioether (sulfide) groups is 1. The van der Waals surface area contributed by atoms with Crippen molar-refractivity contribution in [3.05, 3.63) is 0 Å². The molecule has 1 fully saturated rings. The van der Waals surface area contributed by atoms with Gasteiger partial charge in [0.25, 0.3) is 0 Å². The van der Waals surface area contributed by atoms with Gasteiger partial charge in [0.2, 0.25) is 0 Å². The Kier molecular flexibility index (Phi) is 4.64. The molecule has 0 aromatic carbocycles. The third-order valence-corrected chi connectivity index (χ3v) is 4.30. The smallest absolute Gasteiger partial charge is 0.00803 e. The summed E-state index contributed by atoms with van der Waals surface area (Å²) in [7, 11) is 0. The van der Waals surface area contributed by atoms with Crippen molar-refractivity contribution >= 4 is 11.8 Å².